The molecular weight excluding hydrogens is 348 g/mol. The highest BCUT2D eigenvalue weighted by Crippen LogP contribution is 2.13. The van der Waals surface area contributed by atoms with Crippen molar-refractivity contribution in [3.63, 3.8) is 0 Å². The van der Waals surface area contributed by atoms with E-state index >= 15 is 0 Å². The molecule has 10 nitrogen and oxygen atoms in total. The summed E-state index contributed by atoms with van der Waals surface area (Å²) in [4.78, 5) is 16.0. The molecule has 150 valence electrons. The quantitative estimate of drug-likeness (QED) is 0.251. The van der Waals surface area contributed by atoms with Crippen LogP contribution >= 0.6 is 0 Å². The van der Waals surface area contributed by atoms with Crippen LogP contribution in [0, 0.1) is 0 Å². The normalized spacial score (nSPS) is 10.2. The number of aliphatic hydroxyl groups is 2. The first-order valence-electron chi connectivity index (χ1n) is 7.95. The van der Waals surface area contributed by atoms with Gasteiger partial charge in [0.15, 0.2) is 0 Å². The van der Waals surface area contributed by atoms with Gasteiger partial charge < -0.3 is 30.2 Å². The highest BCUT2D eigenvalue weighted by Gasteiger charge is 2.05. The van der Waals surface area contributed by atoms with Crippen molar-refractivity contribution in [3.05, 3.63) is 29.8 Å². The van der Waals surface area contributed by atoms with Gasteiger partial charge in [0.1, 0.15) is 6.61 Å². The van der Waals surface area contributed by atoms with E-state index in [1.54, 1.807) is 0 Å². The largest absolute Gasteiger partial charge is 0.400 e. The molecule has 1 aromatic carbocycles. The summed E-state index contributed by atoms with van der Waals surface area (Å²) in [7, 11) is 1.00. The van der Waals surface area contributed by atoms with Crippen molar-refractivity contribution in [2.24, 2.45) is 5.73 Å². The van der Waals surface area contributed by atoms with Crippen molar-refractivity contribution >= 4 is 11.6 Å². The van der Waals surface area contributed by atoms with Crippen LogP contribution in [0.3, 0.4) is 0 Å². The molecule has 0 heterocycles. The van der Waals surface area contributed by atoms with Gasteiger partial charge in [-0.1, -0.05) is 0 Å². The molecule has 1 aromatic rings. The summed E-state index contributed by atoms with van der Waals surface area (Å²) >= 11 is 0. The molecule has 0 radical (unpaired) electrons. The number of hydrogen-bond acceptors (Lipinski definition) is 9. The van der Waals surface area contributed by atoms with E-state index in [0.29, 0.717) is 49.5 Å². The van der Waals surface area contributed by atoms with Gasteiger partial charge in [-0.05, 0) is 24.3 Å². The lowest BCUT2D eigenvalue weighted by Gasteiger charge is -2.16. The molecule has 0 aromatic heterocycles. The molecule has 0 spiro atoms. The van der Waals surface area contributed by atoms with Gasteiger partial charge in [-0.3, -0.25) is 10.0 Å². The number of carbonyl (C=O) groups is 1. The molecule has 0 bridgehead atoms. The van der Waals surface area contributed by atoms with Crippen molar-refractivity contribution in [1.29, 1.82) is 0 Å². The lowest BCUT2D eigenvalue weighted by atomic mass is 10.2. The Kier molecular flexibility index (Phi) is 15.5. The van der Waals surface area contributed by atoms with Crippen LogP contribution < -0.4 is 11.0 Å². The molecule has 0 aliphatic carbocycles. The standard InChI is InChI=1S/C15H24N2O7.CH4O/c16-15(19)13-1-3-14(4-2-13)17(20)24-12-11-23-10-9-22-8-7-21-6-5-18;1-2/h1-4,18,20H,5-12H2,(H2,16,19);2H,1H3. The molecule has 0 unspecified atom stereocenters. The molecule has 0 aliphatic rings. The summed E-state index contributed by atoms with van der Waals surface area (Å²) in [5, 5.41) is 25.8. The summed E-state index contributed by atoms with van der Waals surface area (Å²) in [6, 6.07) is 5.99. The van der Waals surface area contributed by atoms with Crippen LogP contribution in [0.2, 0.25) is 0 Å². The number of ether oxygens (including phenoxy) is 3. The number of amides is 1. The van der Waals surface area contributed by atoms with Crippen LogP contribution in [0.25, 0.3) is 0 Å². The van der Waals surface area contributed by atoms with E-state index in [9.17, 15) is 10.0 Å². The van der Waals surface area contributed by atoms with Crippen LogP contribution in [0.4, 0.5) is 5.69 Å². The molecular formula is C16H28N2O8. The molecule has 0 saturated carbocycles. The molecule has 0 aliphatic heterocycles. The van der Waals surface area contributed by atoms with Crippen molar-refractivity contribution in [2.45, 2.75) is 0 Å². The van der Waals surface area contributed by atoms with E-state index in [2.05, 4.69) is 0 Å². The first-order chi connectivity index (χ1) is 12.6. The monoisotopic (exact) mass is 376 g/mol. The predicted molar refractivity (Wildman–Crippen MR) is 92.9 cm³/mol. The first kappa shape index (κ1) is 24.2. The average molecular weight is 376 g/mol. The number of carbonyl (C=O) groups excluding carboxylic acids is 1. The fourth-order valence-electron chi connectivity index (χ4n) is 1.62. The lowest BCUT2D eigenvalue weighted by Crippen LogP contribution is -2.22. The number of hydrogen-bond donors (Lipinski definition) is 4. The molecule has 1 amide bonds. The maximum atomic E-state index is 10.9. The summed E-state index contributed by atoms with van der Waals surface area (Å²) in [5.74, 6) is -0.539. The highest BCUT2D eigenvalue weighted by molar-refractivity contribution is 5.93. The summed E-state index contributed by atoms with van der Waals surface area (Å²) in [6.07, 6.45) is 0. The minimum Gasteiger partial charge on any atom is -0.400 e. The predicted octanol–water partition coefficient (Wildman–Crippen LogP) is -0.437. The third kappa shape index (κ3) is 11.7. The molecule has 26 heavy (non-hydrogen) atoms. The second-order valence-corrected chi connectivity index (χ2v) is 4.58. The van der Waals surface area contributed by atoms with Gasteiger partial charge >= 0.3 is 0 Å². The minimum atomic E-state index is -0.539. The third-order valence-corrected chi connectivity index (χ3v) is 2.79. The second-order valence-electron chi connectivity index (χ2n) is 4.58. The molecule has 10 heteroatoms. The second kappa shape index (κ2) is 16.7. The van der Waals surface area contributed by atoms with Gasteiger partial charge in [0, 0.05) is 12.7 Å². The smallest absolute Gasteiger partial charge is 0.248 e. The highest BCUT2D eigenvalue weighted by atomic mass is 16.9. The zero-order valence-electron chi connectivity index (χ0n) is 14.9. The Morgan fingerprint density at radius 3 is 1.85 bits per heavy atom. The maximum absolute atomic E-state index is 10.9. The Hall–Kier alpha value is -1.79. The number of nitrogens with zero attached hydrogens (tertiary/aromatic N) is 1. The zero-order chi connectivity index (χ0) is 19.6. The van der Waals surface area contributed by atoms with Crippen molar-refractivity contribution in [2.75, 3.05) is 65.2 Å². The van der Waals surface area contributed by atoms with Gasteiger partial charge in [-0.2, -0.15) is 0 Å². The van der Waals surface area contributed by atoms with Crippen LogP contribution in [-0.4, -0.2) is 81.3 Å². The SMILES string of the molecule is CO.NC(=O)c1ccc(N(O)OCCOCCOCCOCCO)cc1. The maximum Gasteiger partial charge on any atom is 0.248 e. The number of nitrogens with two attached hydrogens (primary N) is 1. The number of rotatable bonds is 14. The number of anilines is 1. The average Bonchev–Trinajstić information content (AvgIpc) is 2.67. The van der Waals surface area contributed by atoms with Gasteiger partial charge in [-0.25, -0.2) is 4.84 Å². The van der Waals surface area contributed by atoms with Gasteiger partial charge in [0.25, 0.3) is 0 Å². The Bertz CT molecular complexity index is 458. The third-order valence-electron chi connectivity index (χ3n) is 2.79. The van der Waals surface area contributed by atoms with E-state index in [1.165, 1.54) is 24.3 Å². The van der Waals surface area contributed by atoms with E-state index < -0.39 is 5.91 Å². The van der Waals surface area contributed by atoms with E-state index in [4.69, 9.17) is 35.0 Å². The molecule has 0 saturated heterocycles. The Morgan fingerprint density at radius 2 is 1.38 bits per heavy atom. The summed E-state index contributed by atoms with van der Waals surface area (Å²) < 4.78 is 15.5. The summed E-state index contributed by atoms with van der Waals surface area (Å²) in [6.45, 7) is 2.40. The van der Waals surface area contributed by atoms with E-state index in [0.717, 1.165) is 7.11 Å². The summed E-state index contributed by atoms with van der Waals surface area (Å²) in [5.41, 5.74) is 5.84. The number of aliphatic hydroxyl groups excluding tert-OH is 2. The lowest BCUT2D eigenvalue weighted by molar-refractivity contribution is -0.0665. The number of benzene rings is 1. The van der Waals surface area contributed by atoms with E-state index in [-0.39, 0.29) is 19.8 Å². The van der Waals surface area contributed by atoms with Crippen LogP contribution in [-0.2, 0) is 19.0 Å². The Balaban J connectivity index is 0.00000301. The van der Waals surface area contributed by atoms with Crippen molar-refractivity contribution in [1.82, 2.24) is 0 Å². The molecule has 5 N–H and O–H groups in total. The molecule has 0 atom stereocenters. The van der Waals surface area contributed by atoms with Crippen LogP contribution in [0.1, 0.15) is 10.4 Å². The van der Waals surface area contributed by atoms with Crippen molar-refractivity contribution in [3.8, 4) is 0 Å². The zero-order valence-corrected chi connectivity index (χ0v) is 14.9. The Labute approximate surface area is 152 Å². The van der Waals surface area contributed by atoms with Crippen molar-refractivity contribution < 1.29 is 39.3 Å². The fourth-order valence-corrected chi connectivity index (χ4v) is 1.62. The Morgan fingerprint density at radius 1 is 0.923 bits per heavy atom. The first-order valence-corrected chi connectivity index (χ1v) is 7.95. The molecule has 0 fully saturated rings. The number of primary amides is 1. The van der Waals surface area contributed by atoms with Crippen LogP contribution in [0.5, 0.6) is 0 Å². The fraction of sp³-hybridized carbons (Fsp3) is 0.562. The van der Waals surface area contributed by atoms with Gasteiger partial charge in [0.2, 0.25) is 5.91 Å². The van der Waals surface area contributed by atoms with Gasteiger partial charge in [0.05, 0.1) is 51.9 Å². The van der Waals surface area contributed by atoms with Gasteiger partial charge in [-0.15, -0.1) is 5.23 Å². The topological polar surface area (TPSA) is 144 Å². The minimum absolute atomic E-state index is 0.000271. The van der Waals surface area contributed by atoms with E-state index in [1.807, 2.05) is 0 Å². The van der Waals surface area contributed by atoms with Crippen LogP contribution in [0.15, 0.2) is 24.3 Å². The molecule has 1 rings (SSSR count).